The topological polar surface area (TPSA) is 84.9 Å². The van der Waals surface area contributed by atoms with Crippen molar-refractivity contribution in [1.29, 1.82) is 0 Å². The third-order valence-corrected chi connectivity index (χ3v) is 4.37. The molecular formula is C16H20ClN7O. The maximum atomic E-state index is 5.51. The van der Waals surface area contributed by atoms with Gasteiger partial charge in [0.1, 0.15) is 12.7 Å². The molecule has 1 saturated heterocycles. The molecule has 0 radical (unpaired) electrons. The van der Waals surface area contributed by atoms with Crippen molar-refractivity contribution >= 4 is 12.4 Å². The lowest BCUT2D eigenvalue weighted by atomic mass is 10.1. The van der Waals surface area contributed by atoms with Crippen LogP contribution in [0.1, 0.15) is 17.4 Å². The fraction of sp³-hybridized carbons (Fsp3) is 0.375. The Morgan fingerprint density at radius 1 is 1.32 bits per heavy atom. The standard InChI is InChI=1S/C16H19N7O.ClH/c1-11-7-12(23-10-18-9-19-23)3-4-13(11)16-20-15(21-24-16)14-8-17-5-6-22(14)2;/h3-4,7,9-10,14,17H,5-6,8H2,1-2H3;1H. The van der Waals surface area contributed by atoms with Crippen LogP contribution < -0.4 is 5.32 Å². The third-order valence-electron chi connectivity index (χ3n) is 4.37. The van der Waals surface area contributed by atoms with Crippen LogP contribution in [0.3, 0.4) is 0 Å². The van der Waals surface area contributed by atoms with Crippen LogP contribution in [0.2, 0.25) is 0 Å². The van der Waals surface area contributed by atoms with E-state index in [0.717, 1.165) is 42.3 Å². The number of piperazine rings is 1. The van der Waals surface area contributed by atoms with Gasteiger partial charge in [0.15, 0.2) is 5.82 Å². The number of benzene rings is 1. The van der Waals surface area contributed by atoms with Gasteiger partial charge in [0, 0.05) is 25.2 Å². The van der Waals surface area contributed by atoms with E-state index in [9.17, 15) is 0 Å². The van der Waals surface area contributed by atoms with Gasteiger partial charge in [0.2, 0.25) is 0 Å². The molecule has 8 nitrogen and oxygen atoms in total. The van der Waals surface area contributed by atoms with Crippen LogP contribution in [-0.2, 0) is 0 Å². The van der Waals surface area contributed by atoms with Crippen molar-refractivity contribution in [2.75, 3.05) is 26.7 Å². The largest absolute Gasteiger partial charge is 0.334 e. The van der Waals surface area contributed by atoms with Crippen LogP contribution in [-0.4, -0.2) is 56.5 Å². The second-order valence-corrected chi connectivity index (χ2v) is 6.00. The number of hydrogen-bond donors (Lipinski definition) is 1. The molecule has 0 aliphatic carbocycles. The highest BCUT2D eigenvalue weighted by Gasteiger charge is 2.25. The second kappa shape index (κ2) is 7.30. The Balaban J connectivity index is 0.00000182. The Morgan fingerprint density at radius 3 is 2.92 bits per heavy atom. The molecule has 3 aromatic rings. The number of hydrogen-bond acceptors (Lipinski definition) is 7. The first-order valence-electron chi connectivity index (χ1n) is 7.93. The number of nitrogens with zero attached hydrogens (tertiary/aromatic N) is 6. The molecule has 0 spiro atoms. The van der Waals surface area contributed by atoms with Crippen molar-refractivity contribution in [2.24, 2.45) is 0 Å². The maximum Gasteiger partial charge on any atom is 0.258 e. The minimum absolute atomic E-state index is 0. The molecule has 0 saturated carbocycles. The summed E-state index contributed by atoms with van der Waals surface area (Å²) in [5.41, 5.74) is 2.93. The molecule has 1 unspecified atom stereocenters. The first-order valence-corrected chi connectivity index (χ1v) is 7.93. The van der Waals surface area contributed by atoms with E-state index in [1.807, 2.05) is 25.1 Å². The summed E-state index contributed by atoms with van der Waals surface area (Å²) in [4.78, 5) is 10.8. The van der Waals surface area contributed by atoms with Gasteiger partial charge in [0.25, 0.3) is 5.89 Å². The number of aromatic nitrogens is 5. The SMILES string of the molecule is Cc1cc(-n2cncn2)ccc1-c1nc(C2CNCCN2C)no1.Cl. The Labute approximate surface area is 151 Å². The zero-order chi connectivity index (χ0) is 16.5. The maximum absolute atomic E-state index is 5.51. The van der Waals surface area contributed by atoms with Crippen LogP contribution >= 0.6 is 12.4 Å². The average molecular weight is 362 g/mol. The number of rotatable bonds is 3. The zero-order valence-corrected chi connectivity index (χ0v) is 14.9. The Kier molecular flexibility index (Phi) is 5.12. The van der Waals surface area contributed by atoms with Crippen LogP contribution in [0.25, 0.3) is 17.1 Å². The predicted molar refractivity (Wildman–Crippen MR) is 94.9 cm³/mol. The lowest BCUT2D eigenvalue weighted by molar-refractivity contribution is 0.190. The van der Waals surface area contributed by atoms with Gasteiger partial charge in [-0.15, -0.1) is 12.4 Å². The molecule has 2 aromatic heterocycles. The van der Waals surface area contributed by atoms with E-state index in [-0.39, 0.29) is 18.4 Å². The fourth-order valence-corrected chi connectivity index (χ4v) is 2.95. The molecule has 4 rings (SSSR count). The van der Waals surface area contributed by atoms with Crippen molar-refractivity contribution in [2.45, 2.75) is 13.0 Å². The van der Waals surface area contributed by atoms with Crippen molar-refractivity contribution in [3.8, 4) is 17.1 Å². The summed E-state index contributed by atoms with van der Waals surface area (Å²) in [5.74, 6) is 1.27. The van der Waals surface area contributed by atoms with E-state index >= 15 is 0 Å². The zero-order valence-electron chi connectivity index (χ0n) is 14.1. The first-order chi connectivity index (χ1) is 11.7. The summed E-state index contributed by atoms with van der Waals surface area (Å²) in [7, 11) is 2.08. The lowest BCUT2D eigenvalue weighted by Crippen LogP contribution is -2.44. The van der Waals surface area contributed by atoms with Gasteiger partial charge in [-0.2, -0.15) is 10.1 Å². The predicted octanol–water partition coefficient (Wildman–Crippen LogP) is 1.62. The van der Waals surface area contributed by atoms with E-state index in [0.29, 0.717) is 5.89 Å². The Morgan fingerprint density at radius 2 is 2.20 bits per heavy atom. The summed E-state index contributed by atoms with van der Waals surface area (Å²) in [6, 6.07) is 6.12. The Hall–Kier alpha value is -2.29. The number of likely N-dealkylation sites (N-methyl/N-ethyl adjacent to an activating group) is 1. The molecule has 1 aromatic carbocycles. The van der Waals surface area contributed by atoms with E-state index in [2.05, 4.69) is 37.5 Å². The Bertz CT molecular complexity index is 833. The summed E-state index contributed by atoms with van der Waals surface area (Å²) >= 11 is 0. The average Bonchev–Trinajstić information content (AvgIpc) is 3.27. The lowest BCUT2D eigenvalue weighted by Gasteiger charge is -2.30. The van der Waals surface area contributed by atoms with Gasteiger partial charge in [-0.3, -0.25) is 4.90 Å². The highest BCUT2D eigenvalue weighted by molar-refractivity contribution is 5.85. The van der Waals surface area contributed by atoms with Gasteiger partial charge in [-0.1, -0.05) is 5.16 Å². The number of halogens is 1. The van der Waals surface area contributed by atoms with Crippen molar-refractivity contribution in [1.82, 2.24) is 35.1 Å². The molecule has 1 atom stereocenters. The van der Waals surface area contributed by atoms with E-state index in [1.54, 1.807) is 11.0 Å². The van der Waals surface area contributed by atoms with E-state index in [1.165, 1.54) is 6.33 Å². The van der Waals surface area contributed by atoms with E-state index in [4.69, 9.17) is 4.52 Å². The summed E-state index contributed by atoms with van der Waals surface area (Å²) < 4.78 is 7.23. The van der Waals surface area contributed by atoms with Gasteiger partial charge in [0.05, 0.1) is 11.7 Å². The van der Waals surface area contributed by atoms with Crippen molar-refractivity contribution in [3.05, 3.63) is 42.2 Å². The van der Waals surface area contributed by atoms with Gasteiger partial charge in [-0.25, -0.2) is 9.67 Å². The van der Waals surface area contributed by atoms with E-state index < -0.39 is 0 Å². The first kappa shape index (κ1) is 17.5. The monoisotopic (exact) mass is 361 g/mol. The smallest absolute Gasteiger partial charge is 0.258 e. The van der Waals surface area contributed by atoms with Crippen LogP contribution in [0, 0.1) is 6.92 Å². The molecule has 3 heterocycles. The molecule has 1 aliphatic heterocycles. The van der Waals surface area contributed by atoms with Crippen LogP contribution in [0.5, 0.6) is 0 Å². The molecule has 1 N–H and O–H groups in total. The third kappa shape index (κ3) is 3.41. The molecule has 132 valence electrons. The summed E-state index contributed by atoms with van der Waals surface area (Å²) in [6.07, 6.45) is 3.19. The highest BCUT2D eigenvalue weighted by atomic mass is 35.5. The second-order valence-electron chi connectivity index (χ2n) is 6.00. The molecule has 0 bridgehead atoms. The molecule has 1 aliphatic rings. The normalized spacial score (nSPS) is 18.1. The minimum Gasteiger partial charge on any atom is -0.334 e. The molecule has 0 amide bonds. The molecular weight excluding hydrogens is 342 g/mol. The quantitative estimate of drug-likeness (QED) is 0.758. The number of aryl methyl sites for hydroxylation is 1. The van der Waals surface area contributed by atoms with Gasteiger partial charge < -0.3 is 9.84 Å². The van der Waals surface area contributed by atoms with Crippen LogP contribution in [0.15, 0.2) is 35.4 Å². The fourth-order valence-electron chi connectivity index (χ4n) is 2.95. The van der Waals surface area contributed by atoms with Crippen molar-refractivity contribution < 1.29 is 4.52 Å². The highest BCUT2D eigenvalue weighted by Crippen LogP contribution is 2.26. The molecule has 1 fully saturated rings. The summed E-state index contributed by atoms with van der Waals surface area (Å²) in [6.45, 7) is 4.81. The molecule has 25 heavy (non-hydrogen) atoms. The van der Waals surface area contributed by atoms with Gasteiger partial charge >= 0.3 is 0 Å². The minimum atomic E-state index is 0. The summed E-state index contributed by atoms with van der Waals surface area (Å²) in [5, 5.41) is 11.7. The van der Waals surface area contributed by atoms with Crippen molar-refractivity contribution in [3.63, 3.8) is 0 Å². The number of nitrogens with one attached hydrogen (secondary N) is 1. The molecule has 9 heteroatoms. The van der Waals surface area contributed by atoms with Gasteiger partial charge in [-0.05, 0) is 37.7 Å². The van der Waals surface area contributed by atoms with Crippen LogP contribution in [0.4, 0.5) is 0 Å².